The molecule has 1 aromatic heterocycles. The number of hydrogen-bond donors (Lipinski definition) is 2. The van der Waals surface area contributed by atoms with Gasteiger partial charge in [0, 0.05) is 32.6 Å². The number of aryl methyl sites for hydroxylation is 1. The minimum atomic E-state index is -0.278. The molecule has 0 spiro atoms. The Kier molecular flexibility index (Phi) is 9.21. The second-order valence-corrected chi connectivity index (χ2v) is 11.3. The predicted octanol–water partition coefficient (Wildman–Crippen LogP) is 3.74. The van der Waals surface area contributed by atoms with Crippen molar-refractivity contribution in [3.05, 3.63) is 75.5 Å². The second kappa shape index (κ2) is 13.2. The maximum absolute atomic E-state index is 13.1. The highest BCUT2D eigenvalue weighted by molar-refractivity contribution is 7.12. The van der Waals surface area contributed by atoms with Gasteiger partial charge in [0.2, 0.25) is 5.91 Å². The summed E-state index contributed by atoms with van der Waals surface area (Å²) in [5.41, 5.74) is 3.00. The fourth-order valence-corrected chi connectivity index (χ4v) is 5.91. The summed E-state index contributed by atoms with van der Waals surface area (Å²) in [6, 6.07) is 14.8. The molecule has 2 N–H and O–H groups in total. The highest BCUT2D eigenvalue weighted by Gasteiger charge is 2.32. The third-order valence-electron chi connectivity index (χ3n) is 7.31. The molecule has 2 aromatic carbocycles. The molecule has 1 saturated heterocycles. The molecule has 0 radical (unpaired) electrons. The molecule has 5 aliphatic heterocycles. The molecule has 0 aliphatic carbocycles. The zero-order valence-corrected chi connectivity index (χ0v) is 24.1. The molecule has 2 amide bonds. The number of benzene rings is 2. The fraction of sp³-hybridized carbons (Fsp3) is 0.387. The Morgan fingerprint density at radius 1 is 1.07 bits per heavy atom. The van der Waals surface area contributed by atoms with Crippen LogP contribution in [-0.2, 0) is 29.1 Å². The van der Waals surface area contributed by atoms with Crippen LogP contribution in [0.5, 0.6) is 17.2 Å². The lowest BCUT2D eigenvalue weighted by molar-refractivity contribution is -0.125. The number of hydrogen-bond acceptors (Lipinski definition) is 8. The lowest BCUT2D eigenvalue weighted by Crippen LogP contribution is -2.57. The van der Waals surface area contributed by atoms with Gasteiger partial charge < -0.3 is 24.8 Å². The molecule has 0 saturated carbocycles. The topological polar surface area (TPSA) is 106 Å². The number of nitrogens with zero attached hydrogens (tertiary/aromatic N) is 1. The Labute approximate surface area is 243 Å². The van der Waals surface area contributed by atoms with Crippen LogP contribution in [-0.4, -0.2) is 61.4 Å². The molecule has 216 valence electrons. The summed E-state index contributed by atoms with van der Waals surface area (Å²) in [6.45, 7) is 3.88. The number of ketones is 1. The van der Waals surface area contributed by atoms with E-state index in [4.69, 9.17) is 14.2 Å². The van der Waals surface area contributed by atoms with Crippen molar-refractivity contribution in [1.82, 2.24) is 15.5 Å². The van der Waals surface area contributed by atoms with E-state index >= 15 is 0 Å². The summed E-state index contributed by atoms with van der Waals surface area (Å²) < 4.78 is 17.7. The summed E-state index contributed by atoms with van der Waals surface area (Å²) in [4.78, 5) is 40.3. The number of piperidine rings is 1. The third kappa shape index (κ3) is 7.65. The number of rotatable bonds is 4. The molecule has 5 aliphatic rings. The molecule has 10 heteroatoms. The highest BCUT2D eigenvalue weighted by atomic mass is 32.1. The van der Waals surface area contributed by atoms with Crippen LogP contribution >= 0.6 is 11.3 Å². The van der Waals surface area contributed by atoms with Gasteiger partial charge in [0.1, 0.15) is 11.9 Å². The maximum Gasteiger partial charge on any atom is 0.258 e. The van der Waals surface area contributed by atoms with E-state index in [2.05, 4.69) is 15.5 Å². The Morgan fingerprint density at radius 3 is 2.63 bits per heavy atom. The van der Waals surface area contributed by atoms with Crippen LogP contribution in [0.2, 0.25) is 0 Å². The molecule has 3 aromatic rings. The van der Waals surface area contributed by atoms with Gasteiger partial charge in [-0.2, -0.15) is 0 Å². The lowest BCUT2D eigenvalue weighted by Gasteiger charge is -2.38. The molecule has 2 atom stereocenters. The maximum atomic E-state index is 13.1. The molecular formula is C31H35N3O6S. The van der Waals surface area contributed by atoms with E-state index in [1.807, 2.05) is 47.8 Å². The standard InChI is InChI=1S/C31H35N3O6S/c1-20(35)29-14-23(19-41-29)16-34-12-11-26-25(17-34)33-31(37)18-39-27-9-5-21(13-28(27)38-2)6-10-30(36)32-15-22-3-7-24(40-26)8-4-22/h3-5,7-9,13-14,19,25-26H,6,10-12,15-18H2,1-2H3,(H,32,36)(H,33,37)/t25-,26-/m1/s1. The average molecular weight is 578 g/mol. The number of Topliss-reactive ketones (excluding diaryl/α,β-unsaturated/α-hetero) is 1. The first-order valence-electron chi connectivity index (χ1n) is 13.8. The van der Waals surface area contributed by atoms with Gasteiger partial charge in [0.25, 0.3) is 5.91 Å². The van der Waals surface area contributed by atoms with Crippen LogP contribution in [0.4, 0.5) is 0 Å². The first-order valence-corrected chi connectivity index (χ1v) is 14.7. The molecule has 41 heavy (non-hydrogen) atoms. The van der Waals surface area contributed by atoms with Crippen molar-refractivity contribution in [2.75, 3.05) is 26.8 Å². The summed E-state index contributed by atoms with van der Waals surface area (Å²) in [7, 11) is 1.55. The Morgan fingerprint density at radius 2 is 1.88 bits per heavy atom. The molecule has 9 nitrogen and oxygen atoms in total. The van der Waals surface area contributed by atoms with Crippen molar-refractivity contribution in [1.29, 1.82) is 0 Å². The minimum absolute atomic E-state index is 0.0368. The first kappa shape index (κ1) is 28.6. The van der Waals surface area contributed by atoms with Gasteiger partial charge in [-0.25, -0.2) is 0 Å². The van der Waals surface area contributed by atoms with Crippen molar-refractivity contribution in [3.63, 3.8) is 0 Å². The summed E-state index contributed by atoms with van der Waals surface area (Å²) >= 11 is 1.46. The summed E-state index contributed by atoms with van der Waals surface area (Å²) in [5.74, 6) is 1.45. The number of methoxy groups -OCH3 is 1. The van der Waals surface area contributed by atoms with Gasteiger partial charge in [0.15, 0.2) is 23.9 Å². The smallest absolute Gasteiger partial charge is 0.258 e. The van der Waals surface area contributed by atoms with Crippen LogP contribution in [0.1, 0.15) is 46.1 Å². The SMILES string of the molecule is COc1cc2ccc1OCC(=O)N[C@@H]1CN(Cc3csc(C(C)=O)c3)CC[C@H]1Oc1ccc(cc1)CNC(=O)CC2. The molecule has 0 unspecified atom stereocenters. The summed E-state index contributed by atoms with van der Waals surface area (Å²) in [5, 5.41) is 8.13. The van der Waals surface area contributed by atoms with E-state index in [9.17, 15) is 14.4 Å². The molecule has 8 rings (SSSR count). The highest BCUT2D eigenvalue weighted by Crippen LogP contribution is 2.29. The number of carbonyl (C=O) groups is 3. The van der Waals surface area contributed by atoms with Gasteiger partial charge in [0.05, 0.1) is 18.0 Å². The summed E-state index contributed by atoms with van der Waals surface area (Å²) in [6.07, 6.45) is 1.37. The van der Waals surface area contributed by atoms with E-state index in [0.717, 1.165) is 28.1 Å². The monoisotopic (exact) mass is 577 g/mol. The zero-order valence-electron chi connectivity index (χ0n) is 23.3. The van der Waals surface area contributed by atoms with E-state index < -0.39 is 0 Å². The normalized spacial score (nSPS) is 20.2. The first-order chi connectivity index (χ1) is 19.9. The van der Waals surface area contributed by atoms with Gasteiger partial charge in [-0.1, -0.05) is 18.2 Å². The van der Waals surface area contributed by atoms with E-state index in [0.29, 0.717) is 56.1 Å². The van der Waals surface area contributed by atoms with Crippen LogP contribution in [0.25, 0.3) is 0 Å². The number of amides is 2. The van der Waals surface area contributed by atoms with Crippen LogP contribution < -0.4 is 24.8 Å². The van der Waals surface area contributed by atoms with Gasteiger partial charge in [-0.05, 0) is 72.2 Å². The Bertz CT molecular complexity index is 1390. The largest absolute Gasteiger partial charge is 0.493 e. The van der Waals surface area contributed by atoms with Gasteiger partial charge in [-0.15, -0.1) is 11.3 Å². The number of nitrogens with one attached hydrogen (secondary N) is 2. The van der Waals surface area contributed by atoms with Crippen LogP contribution in [0.15, 0.2) is 53.9 Å². The second-order valence-electron chi connectivity index (χ2n) is 10.4. The van der Waals surface area contributed by atoms with Gasteiger partial charge in [-0.3, -0.25) is 19.3 Å². The third-order valence-corrected chi connectivity index (χ3v) is 8.39. The van der Waals surface area contributed by atoms with Crippen molar-refractivity contribution in [2.45, 2.75) is 51.4 Å². The molecule has 4 bridgehead atoms. The van der Waals surface area contributed by atoms with E-state index in [-0.39, 0.29) is 36.4 Å². The minimum Gasteiger partial charge on any atom is -0.493 e. The van der Waals surface area contributed by atoms with Crippen molar-refractivity contribution in [3.8, 4) is 17.2 Å². The number of thiophene rings is 1. The zero-order chi connectivity index (χ0) is 28.8. The number of ether oxygens (including phenoxy) is 3. The van der Waals surface area contributed by atoms with E-state index in [1.165, 1.54) is 11.3 Å². The Hall–Kier alpha value is -3.89. The van der Waals surface area contributed by atoms with Crippen molar-refractivity contribution < 1.29 is 28.6 Å². The lowest BCUT2D eigenvalue weighted by atomic mass is 10.0. The Balaban J connectivity index is 1.34. The number of carbonyl (C=O) groups excluding carboxylic acids is 3. The molecular weight excluding hydrogens is 542 g/mol. The van der Waals surface area contributed by atoms with Gasteiger partial charge >= 0.3 is 0 Å². The quantitative estimate of drug-likeness (QED) is 0.455. The molecule has 6 heterocycles. The van der Waals surface area contributed by atoms with Crippen LogP contribution in [0.3, 0.4) is 0 Å². The molecule has 1 fully saturated rings. The van der Waals surface area contributed by atoms with Crippen molar-refractivity contribution >= 4 is 28.9 Å². The fourth-order valence-electron chi connectivity index (χ4n) is 5.11. The predicted molar refractivity (Wildman–Crippen MR) is 156 cm³/mol. The van der Waals surface area contributed by atoms with E-state index in [1.54, 1.807) is 20.1 Å². The number of likely N-dealkylation sites (tertiary alicyclic amines) is 1. The van der Waals surface area contributed by atoms with Crippen molar-refractivity contribution in [2.24, 2.45) is 0 Å². The average Bonchev–Trinajstić information content (AvgIpc) is 3.44. The van der Waals surface area contributed by atoms with Crippen LogP contribution in [0, 0.1) is 0 Å².